The number of fused-ring (bicyclic) bond motifs is 1. The largest absolute Gasteiger partial charge is 0.385 e. The van der Waals surface area contributed by atoms with Crippen LogP contribution in [0.5, 0.6) is 0 Å². The smallest absolute Gasteiger partial charge is 0.252 e. The number of hydrogen-bond acceptors (Lipinski definition) is 3. The van der Waals surface area contributed by atoms with Crippen molar-refractivity contribution in [1.29, 1.82) is 0 Å². The minimum atomic E-state index is -0.644. The van der Waals surface area contributed by atoms with Gasteiger partial charge in [0.1, 0.15) is 6.04 Å². The summed E-state index contributed by atoms with van der Waals surface area (Å²) in [6, 6.07) is 4.97. The Bertz CT molecular complexity index is 532. The predicted molar refractivity (Wildman–Crippen MR) is 85.8 cm³/mol. The number of anilines is 1. The molecule has 0 aromatic heterocycles. The lowest BCUT2D eigenvalue weighted by Gasteiger charge is -2.23. The van der Waals surface area contributed by atoms with E-state index in [1.165, 1.54) is 0 Å². The lowest BCUT2D eigenvalue weighted by atomic mass is 9.96. The molecule has 0 bridgehead atoms. The Kier molecular flexibility index (Phi) is 6.03. The molecular formula is C15H22ClN3O2. The number of nitrogens with two attached hydrogens (primary N) is 1. The van der Waals surface area contributed by atoms with Crippen molar-refractivity contribution in [2.24, 2.45) is 11.7 Å². The molecule has 0 fully saturated rings. The number of amides is 2. The first-order valence-corrected chi connectivity index (χ1v) is 6.96. The van der Waals surface area contributed by atoms with Crippen molar-refractivity contribution < 1.29 is 9.59 Å². The molecule has 1 atom stereocenters. The van der Waals surface area contributed by atoms with E-state index in [0.29, 0.717) is 5.56 Å². The maximum Gasteiger partial charge on any atom is 0.252 e. The molecule has 0 saturated heterocycles. The molecule has 1 unspecified atom stereocenters. The van der Waals surface area contributed by atoms with E-state index in [2.05, 4.69) is 10.6 Å². The van der Waals surface area contributed by atoms with Crippen LogP contribution >= 0.6 is 12.4 Å². The second kappa shape index (κ2) is 7.31. The molecular weight excluding hydrogens is 290 g/mol. The lowest BCUT2D eigenvalue weighted by molar-refractivity contribution is -0.120. The molecule has 0 radical (unpaired) electrons. The number of primary amides is 1. The van der Waals surface area contributed by atoms with Crippen LogP contribution in [0.15, 0.2) is 18.2 Å². The number of halogens is 1. The fourth-order valence-electron chi connectivity index (χ4n) is 2.51. The van der Waals surface area contributed by atoms with Gasteiger partial charge in [-0.15, -0.1) is 12.4 Å². The minimum absolute atomic E-state index is 0. The second-order valence-corrected chi connectivity index (χ2v) is 5.46. The average Bonchev–Trinajstić information content (AvgIpc) is 2.43. The molecule has 5 nitrogen and oxygen atoms in total. The molecule has 0 aliphatic carbocycles. The molecule has 1 aliphatic rings. The van der Waals surface area contributed by atoms with Crippen LogP contribution in [0.2, 0.25) is 0 Å². The van der Waals surface area contributed by atoms with Crippen molar-refractivity contribution >= 4 is 29.9 Å². The normalized spacial score (nSPS) is 14.4. The molecule has 2 rings (SSSR count). The maximum absolute atomic E-state index is 12.4. The zero-order valence-electron chi connectivity index (χ0n) is 12.3. The van der Waals surface area contributed by atoms with Gasteiger partial charge in [0.05, 0.1) is 0 Å². The number of benzene rings is 1. The summed E-state index contributed by atoms with van der Waals surface area (Å²) in [5.74, 6) is -0.770. The summed E-state index contributed by atoms with van der Waals surface area (Å²) in [6.45, 7) is 4.64. The molecule has 0 saturated carbocycles. The van der Waals surface area contributed by atoms with Gasteiger partial charge in [0.2, 0.25) is 5.91 Å². The fourth-order valence-corrected chi connectivity index (χ4v) is 2.51. The van der Waals surface area contributed by atoms with Gasteiger partial charge in [0.25, 0.3) is 5.91 Å². The van der Waals surface area contributed by atoms with Crippen LogP contribution in [-0.2, 0) is 11.2 Å². The van der Waals surface area contributed by atoms with E-state index in [0.717, 1.165) is 30.6 Å². The van der Waals surface area contributed by atoms with E-state index in [1.54, 1.807) is 6.07 Å². The van der Waals surface area contributed by atoms with Gasteiger partial charge in [0.15, 0.2) is 0 Å². The zero-order chi connectivity index (χ0) is 14.7. The Balaban J connectivity index is 0.00000220. The second-order valence-electron chi connectivity index (χ2n) is 5.46. The molecule has 21 heavy (non-hydrogen) atoms. The molecule has 0 spiro atoms. The number of nitrogens with one attached hydrogen (secondary N) is 2. The first-order valence-electron chi connectivity index (χ1n) is 6.96. The summed E-state index contributed by atoms with van der Waals surface area (Å²) in [4.78, 5) is 23.8. The third-order valence-electron chi connectivity index (χ3n) is 3.60. The van der Waals surface area contributed by atoms with Gasteiger partial charge in [-0.3, -0.25) is 9.59 Å². The van der Waals surface area contributed by atoms with Gasteiger partial charge in [0, 0.05) is 17.8 Å². The van der Waals surface area contributed by atoms with Crippen LogP contribution in [0.4, 0.5) is 5.69 Å². The highest BCUT2D eigenvalue weighted by Crippen LogP contribution is 2.25. The molecule has 1 heterocycles. The highest BCUT2D eigenvalue weighted by molar-refractivity contribution is 5.99. The number of hydrogen-bond donors (Lipinski definition) is 3. The van der Waals surface area contributed by atoms with Gasteiger partial charge in [-0.25, -0.2) is 0 Å². The van der Waals surface area contributed by atoms with Crippen LogP contribution in [0.3, 0.4) is 0 Å². The number of rotatable bonds is 4. The van der Waals surface area contributed by atoms with Crippen LogP contribution in [0.1, 0.15) is 36.2 Å². The third kappa shape index (κ3) is 3.88. The molecule has 1 aliphatic heterocycles. The Morgan fingerprint density at radius 1 is 1.33 bits per heavy atom. The summed E-state index contributed by atoms with van der Waals surface area (Å²) in [7, 11) is 0. The molecule has 1 aromatic carbocycles. The standard InChI is InChI=1S/C15H21N3O2.ClH/c1-9(2)13(14(16)19)18-15(20)11-5-3-7-12-10(11)6-4-8-17-12;/h3,5,7,9,13,17H,4,6,8H2,1-2H3,(H2,16,19)(H,18,20);1H. The topological polar surface area (TPSA) is 84.2 Å². The van der Waals surface area contributed by atoms with Crippen molar-refractivity contribution in [2.75, 3.05) is 11.9 Å². The molecule has 4 N–H and O–H groups in total. The number of carbonyl (C=O) groups is 2. The molecule has 1 aromatic rings. The van der Waals surface area contributed by atoms with Gasteiger partial charge < -0.3 is 16.4 Å². The summed E-state index contributed by atoms with van der Waals surface area (Å²) in [6.07, 6.45) is 1.87. The molecule has 6 heteroatoms. The Labute approximate surface area is 131 Å². The van der Waals surface area contributed by atoms with Crippen LogP contribution in [0.25, 0.3) is 0 Å². The first kappa shape index (κ1) is 17.3. The Hall–Kier alpha value is -1.75. The summed E-state index contributed by atoms with van der Waals surface area (Å²) in [5, 5.41) is 6.03. The SMILES string of the molecule is CC(C)C(NC(=O)c1cccc2c1CCCN2)C(N)=O.Cl. The van der Waals surface area contributed by atoms with Crippen molar-refractivity contribution in [3.8, 4) is 0 Å². The maximum atomic E-state index is 12.4. The monoisotopic (exact) mass is 311 g/mol. The van der Waals surface area contributed by atoms with Crippen LogP contribution in [0, 0.1) is 5.92 Å². The zero-order valence-corrected chi connectivity index (χ0v) is 13.1. The van der Waals surface area contributed by atoms with E-state index in [1.807, 2.05) is 26.0 Å². The van der Waals surface area contributed by atoms with Gasteiger partial charge >= 0.3 is 0 Å². The highest BCUT2D eigenvalue weighted by Gasteiger charge is 2.24. The van der Waals surface area contributed by atoms with Crippen molar-refractivity contribution in [3.05, 3.63) is 29.3 Å². The first-order chi connectivity index (χ1) is 9.50. The lowest BCUT2D eigenvalue weighted by Crippen LogP contribution is -2.47. The predicted octanol–water partition coefficient (Wildman–Crippen LogP) is 1.71. The summed E-state index contributed by atoms with van der Waals surface area (Å²) < 4.78 is 0. The third-order valence-corrected chi connectivity index (χ3v) is 3.60. The molecule has 2 amide bonds. The van der Waals surface area contributed by atoms with E-state index in [9.17, 15) is 9.59 Å². The fraction of sp³-hybridized carbons (Fsp3) is 0.467. The van der Waals surface area contributed by atoms with Gasteiger partial charge in [-0.05, 0) is 36.5 Å². The van der Waals surface area contributed by atoms with Crippen molar-refractivity contribution in [3.63, 3.8) is 0 Å². The average molecular weight is 312 g/mol. The van der Waals surface area contributed by atoms with Crippen LogP contribution in [-0.4, -0.2) is 24.4 Å². The quantitative estimate of drug-likeness (QED) is 0.791. The number of carbonyl (C=O) groups excluding carboxylic acids is 2. The van der Waals surface area contributed by atoms with E-state index in [4.69, 9.17) is 5.73 Å². The molecule has 116 valence electrons. The van der Waals surface area contributed by atoms with E-state index >= 15 is 0 Å². The Morgan fingerprint density at radius 3 is 2.67 bits per heavy atom. The van der Waals surface area contributed by atoms with E-state index < -0.39 is 11.9 Å². The van der Waals surface area contributed by atoms with Crippen molar-refractivity contribution in [1.82, 2.24) is 5.32 Å². The Morgan fingerprint density at radius 2 is 2.05 bits per heavy atom. The van der Waals surface area contributed by atoms with Gasteiger partial charge in [-0.1, -0.05) is 19.9 Å². The highest BCUT2D eigenvalue weighted by atomic mass is 35.5. The summed E-state index contributed by atoms with van der Waals surface area (Å²) in [5.41, 5.74) is 7.98. The van der Waals surface area contributed by atoms with Crippen molar-refractivity contribution in [2.45, 2.75) is 32.7 Å². The van der Waals surface area contributed by atoms with Crippen LogP contribution < -0.4 is 16.4 Å². The summed E-state index contributed by atoms with van der Waals surface area (Å²) >= 11 is 0. The van der Waals surface area contributed by atoms with E-state index in [-0.39, 0.29) is 24.2 Å². The minimum Gasteiger partial charge on any atom is -0.385 e. The van der Waals surface area contributed by atoms with Gasteiger partial charge in [-0.2, -0.15) is 0 Å².